The van der Waals surface area contributed by atoms with Crippen LogP contribution in [0.5, 0.6) is 0 Å². The number of para-hydroxylation sites is 1. The van der Waals surface area contributed by atoms with Gasteiger partial charge < -0.3 is 5.32 Å². The van der Waals surface area contributed by atoms with Crippen LogP contribution in [0.1, 0.15) is 15.9 Å². The number of nitrogens with zero attached hydrogens (tertiary/aromatic N) is 2. The van der Waals surface area contributed by atoms with E-state index in [1.807, 2.05) is 36.5 Å². The first-order valence-electron chi connectivity index (χ1n) is 8.90. The van der Waals surface area contributed by atoms with E-state index in [0.717, 1.165) is 11.3 Å². The monoisotopic (exact) mass is 408 g/mol. The van der Waals surface area contributed by atoms with Crippen molar-refractivity contribution in [1.29, 1.82) is 0 Å². The van der Waals surface area contributed by atoms with Crippen LogP contribution in [-0.2, 0) is 16.4 Å². The zero-order valence-corrected chi connectivity index (χ0v) is 16.4. The van der Waals surface area contributed by atoms with E-state index in [-0.39, 0.29) is 22.9 Å². The van der Waals surface area contributed by atoms with Crippen LogP contribution < -0.4 is 10.0 Å². The molecule has 0 aliphatic rings. The Morgan fingerprint density at radius 2 is 1.93 bits per heavy atom. The third-order valence-electron chi connectivity index (χ3n) is 4.13. The fourth-order valence-corrected chi connectivity index (χ4v) is 3.64. The molecular formula is C21H20N4O3S. The van der Waals surface area contributed by atoms with Crippen molar-refractivity contribution in [3.63, 3.8) is 0 Å². The summed E-state index contributed by atoms with van der Waals surface area (Å²) in [6.07, 6.45) is 9.34. The van der Waals surface area contributed by atoms with Gasteiger partial charge in [-0.3, -0.25) is 4.79 Å². The summed E-state index contributed by atoms with van der Waals surface area (Å²) in [4.78, 5) is 12.4. The quantitative estimate of drug-likeness (QED) is 0.556. The molecule has 1 heterocycles. The van der Waals surface area contributed by atoms with Gasteiger partial charge in [0.1, 0.15) is 0 Å². The van der Waals surface area contributed by atoms with E-state index >= 15 is 0 Å². The second kappa shape index (κ2) is 9.19. The molecule has 0 bridgehead atoms. The van der Waals surface area contributed by atoms with Gasteiger partial charge in [0.05, 0.1) is 23.3 Å². The van der Waals surface area contributed by atoms with Crippen LogP contribution in [0.2, 0.25) is 0 Å². The molecule has 1 amide bonds. The van der Waals surface area contributed by atoms with E-state index in [2.05, 4.69) is 21.1 Å². The Morgan fingerprint density at radius 1 is 1.14 bits per heavy atom. The number of terminal acetylenes is 1. The number of hydrogen-bond donors (Lipinski definition) is 2. The van der Waals surface area contributed by atoms with Crippen LogP contribution in [-0.4, -0.2) is 37.2 Å². The standard InChI is InChI=1S/C21H20N4O3S/c1-2-12-24-29(27,28)20-10-6-7-18(14-20)21(26)22-13-11-17-15-23-25(16-17)19-8-4-3-5-9-19/h1,3-10,14-16,24H,11-13H2,(H,22,26). The maximum absolute atomic E-state index is 12.4. The topological polar surface area (TPSA) is 93.1 Å². The van der Waals surface area contributed by atoms with Gasteiger partial charge in [-0.1, -0.05) is 30.2 Å². The van der Waals surface area contributed by atoms with Gasteiger partial charge >= 0.3 is 0 Å². The highest BCUT2D eigenvalue weighted by Gasteiger charge is 2.15. The molecule has 29 heavy (non-hydrogen) atoms. The Bertz CT molecular complexity index is 1130. The lowest BCUT2D eigenvalue weighted by Crippen LogP contribution is -2.27. The average molecular weight is 408 g/mol. The number of carbonyl (C=O) groups excluding carboxylic acids is 1. The van der Waals surface area contributed by atoms with Gasteiger partial charge in [-0.25, -0.2) is 13.1 Å². The molecule has 0 aliphatic heterocycles. The number of sulfonamides is 1. The Kier molecular flexibility index (Phi) is 6.44. The first-order valence-corrected chi connectivity index (χ1v) is 10.4. The van der Waals surface area contributed by atoms with E-state index in [9.17, 15) is 13.2 Å². The van der Waals surface area contributed by atoms with Gasteiger partial charge in [0.25, 0.3) is 5.91 Å². The number of carbonyl (C=O) groups is 1. The van der Waals surface area contributed by atoms with Gasteiger partial charge in [-0.05, 0) is 42.3 Å². The van der Waals surface area contributed by atoms with Crippen molar-refractivity contribution in [2.24, 2.45) is 0 Å². The van der Waals surface area contributed by atoms with Crippen molar-refractivity contribution < 1.29 is 13.2 Å². The molecule has 2 aromatic carbocycles. The second-order valence-corrected chi connectivity index (χ2v) is 7.96. The zero-order chi connectivity index (χ0) is 20.7. The Hall–Kier alpha value is -3.41. The van der Waals surface area contributed by atoms with Crippen molar-refractivity contribution in [2.45, 2.75) is 11.3 Å². The first kappa shape index (κ1) is 20.3. The van der Waals surface area contributed by atoms with Gasteiger partial charge in [0.15, 0.2) is 0 Å². The van der Waals surface area contributed by atoms with Crippen LogP contribution in [0.3, 0.4) is 0 Å². The summed E-state index contributed by atoms with van der Waals surface area (Å²) in [7, 11) is -3.75. The number of benzene rings is 2. The van der Waals surface area contributed by atoms with E-state index in [1.165, 1.54) is 18.2 Å². The maximum atomic E-state index is 12.4. The predicted octanol–water partition coefficient (Wildman–Crippen LogP) is 1.76. The largest absolute Gasteiger partial charge is 0.352 e. The SMILES string of the molecule is C#CCNS(=O)(=O)c1cccc(C(=O)NCCc2cnn(-c3ccccc3)c2)c1. The molecule has 0 spiro atoms. The van der Waals surface area contributed by atoms with Crippen molar-refractivity contribution in [1.82, 2.24) is 19.8 Å². The minimum atomic E-state index is -3.75. The van der Waals surface area contributed by atoms with Crippen molar-refractivity contribution in [3.05, 3.63) is 78.1 Å². The van der Waals surface area contributed by atoms with Crippen LogP contribution in [0, 0.1) is 12.3 Å². The molecule has 0 atom stereocenters. The normalized spacial score (nSPS) is 11.0. The Labute approximate surface area is 169 Å². The fraction of sp³-hybridized carbons (Fsp3) is 0.143. The van der Waals surface area contributed by atoms with Crippen LogP contribution in [0.15, 0.2) is 71.9 Å². The highest BCUT2D eigenvalue weighted by molar-refractivity contribution is 7.89. The molecule has 3 aromatic rings. The summed E-state index contributed by atoms with van der Waals surface area (Å²) in [5, 5.41) is 7.12. The molecule has 3 rings (SSSR count). The van der Waals surface area contributed by atoms with Gasteiger partial charge in [0.2, 0.25) is 10.0 Å². The minimum absolute atomic E-state index is 0.00969. The number of aromatic nitrogens is 2. The highest BCUT2D eigenvalue weighted by atomic mass is 32.2. The molecule has 0 fully saturated rings. The number of rotatable bonds is 8. The molecule has 0 saturated heterocycles. The third-order valence-corrected chi connectivity index (χ3v) is 5.53. The molecule has 0 radical (unpaired) electrons. The van der Waals surface area contributed by atoms with Gasteiger partial charge in [-0.2, -0.15) is 9.82 Å². The molecule has 8 heteroatoms. The second-order valence-electron chi connectivity index (χ2n) is 6.19. The molecular weight excluding hydrogens is 388 g/mol. The number of nitrogens with one attached hydrogen (secondary N) is 2. The van der Waals surface area contributed by atoms with Crippen molar-refractivity contribution in [3.8, 4) is 18.0 Å². The summed E-state index contributed by atoms with van der Waals surface area (Å²) < 4.78 is 28.3. The van der Waals surface area contributed by atoms with Crippen LogP contribution in [0.4, 0.5) is 0 Å². The smallest absolute Gasteiger partial charge is 0.251 e. The molecule has 0 aliphatic carbocycles. The fourth-order valence-electron chi connectivity index (χ4n) is 2.66. The minimum Gasteiger partial charge on any atom is -0.352 e. The summed E-state index contributed by atoms with van der Waals surface area (Å²) in [5.74, 6) is 1.86. The third kappa shape index (κ3) is 5.31. The van der Waals surface area contributed by atoms with Crippen LogP contribution >= 0.6 is 0 Å². The van der Waals surface area contributed by atoms with E-state index in [4.69, 9.17) is 6.42 Å². The van der Waals surface area contributed by atoms with Crippen molar-refractivity contribution >= 4 is 15.9 Å². The molecule has 0 unspecified atom stereocenters. The molecule has 0 saturated carbocycles. The van der Waals surface area contributed by atoms with Gasteiger partial charge in [0, 0.05) is 18.3 Å². The van der Waals surface area contributed by atoms with E-state index in [1.54, 1.807) is 16.9 Å². The van der Waals surface area contributed by atoms with E-state index in [0.29, 0.717) is 13.0 Å². The number of hydrogen-bond acceptors (Lipinski definition) is 4. The summed E-state index contributed by atoms with van der Waals surface area (Å²) in [6, 6.07) is 15.5. The molecule has 7 nitrogen and oxygen atoms in total. The summed E-state index contributed by atoms with van der Waals surface area (Å²) in [6.45, 7) is 0.279. The molecule has 148 valence electrons. The molecule has 1 aromatic heterocycles. The Morgan fingerprint density at radius 3 is 2.69 bits per heavy atom. The lowest BCUT2D eigenvalue weighted by Gasteiger charge is -2.07. The van der Waals surface area contributed by atoms with E-state index < -0.39 is 10.0 Å². The first-order chi connectivity index (χ1) is 14.0. The summed E-state index contributed by atoms with van der Waals surface area (Å²) >= 11 is 0. The van der Waals surface area contributed by atoms with Crippen molar-refractivity contribution in [2.75, 3.05) is 13.1 Å². The average Bonchev–Trinajstić information content (AvgIpc) is 3.22. The van der Waals surface area contributed by atoms with Crippen LogP contribution in [0.25, 0.3) is 5.69 Å². The lowest BCUT2D eigenvalue weighted by molar-refractivity contribution is 0.0954. The Balaban J connectivity index is 1.58. The molecule has 2 N–H and O–H groups in total. The highest BCUT2D eigenvalue weighted by Crippen LogP contribution is 2.12. The number of amides is 1. The predicted molar refractivity (Wildman–Crippen MR) is 110 cm³/mol. The lowest BCUT2D eigenvalue weighted by atomic mass is 10.2. The maximum Gasteiger partial charge on any atom is 0.251 e. The van der Waals surface area contributed by atoms with Gasteiger partial charge in [-0.15, -0.1) is 6.42 Å². The summed E-state index contributed by atoms with van der Waals surface area (Å²) in [5.41, 5.74) is 2.19. The zero-order valence-electron chi connectivity index (χ0n) is 15.6.